The van der Waals surface area contributed by atoms with E-state index in [1.165, 1.54) is 0 Å². The van der Waals surface area contributed by atoms with E-state index in [0.29, 0.717) is 13.2 Å². The van der Waals surface area contributed by atoms with Gasteiger partial charge < -0.3 is 14.2 Å². The number of carbonyl (C=O) groups excluding carboxylic acids is 1. The Morgan fingerprint density at radius 1 is 1.29 bits per heavy atom. The molecule has 1 amide bonds. The van der Waals surface area contributed by atoms with E-state index in [9.17, 15) is 4.79 Å². The van der Waals surface area contributed by atoms with Crippen LogP contribution in [0.15, 0.2) is 42.5 Å². The maximum atomic E-state index is 12.5. The zero-order valence-electron chi connectivity index (χ0n) is 14.9. The molecule has 1 heterocycles. The quantitative estimate of drug-likeness (QED) is 0.772. The normalized spacial score (nSPS) is 21.2. The third-order valence-corrected chi connectivity index (χ3v) is 3.60. The molecule has 0 N–H and O–H groups in total. The van der Waals surface area contributed by atoms with E-state index in [0.717, 1.165) is 12.2 Å². The predicted octanol–water partition coefficient (Wildman–Crippen LogP) is 3.65. The molecule has 0 aromatic heterocycles. The van der Waals surface area contributed by atoms with Crippen molar-refractivity contribution in [3.05, 3.63) is 42.5 Å². The second-order valence-corrected chi connectivity index (χ2v) is 6.87. The predicted molar refractivity (Wildman–Crippen MR) is 93.2 cm³/mol. The van der Waals surface area contributed by atoms with Crippen molar-refractivity contribution in [3.63, 3.8) is 0 Å². The second kappa shape index (κ2) is 8.20. The average molecular weight is 333 g/mol. The second-order valence-electron chi connectivity index (χ2n) is 6.87. The Morgan fingerprint density at radius 3 is 2.62 bits per heavy atom. The summed E-state index contributed by atoms with van der Waals surface area (Å²) in [4.78, 5) is 14.2. The number of rotatable bonds is 5. The highest BCUT2D eigenvalue weighted by Crippen LogP contribution is 2.25. The standard InChI is InChI=1S/C19H27NO4/c1-19(2,3)24-18(21)20-14-17(13-15(20)9-8-12-22-4)23-16-10-6-5-7-11-16/h5-11,15,17H,12-14H2,1-4H3/b9-8+/t15-,17+/m1/s1. The molecule has 1 aliphatic rings. The highest BCUT2D eigenvalue weighted by molar-refractivity contribution is 5.69. The van der Waals surface area contributed by atoms with Gasteiger partial charge in [-0.05, 0) is 32.9 Å². The van der Waals surface area contributed by atoms with Gasteiger partial charge in [-0.25, -0.2) is 4.79 Å². The Morgan fingerprint density at radius 2 is 2.00 bits per heavy atom. The van der Waals surface area contributed by atoms with Gasteiger partial charge in [-0.1, -0.05) is 30.4 Å². The van der Waals surface area contributed by atoms with Crippen LogP contribution in [0.25, 0.3) is 0 Å². The third kappa shape index (κ3) is 5.57. The molecule has 0 spiro atoms. The Kier molecular flexibility index (Phi) is 6.26. The number of amides is 1. The van der Waals surface area contributed by atoms with Gasteiger partial charge in [0.2, 0.25) is 0 Å². The summed E-state index contributed by atoms with van der Waals surface area (Å²) in [5.41, 5.74) is -0.518. The molecule has 2 rings (SSSR count). The molecule has 24 heavy (non-hydrogen) atoms. The maximum absolute atomic E-state index is 12.5. The van der Waals surface area contributed by atoms with Gasteiger partial charge in [0.15, 0.2) is 0 Å². The number of hydrogen-bond donors (Lipinski definition) is 0. The minimum Gasteiger partial charge on any atom is -0.488 e. The van der Waals surface area contributed by atoms with E-state index >= 15 is 0 Å². The third-order valence-electron chi connectivity index (χ3n) is 3.60. The van der Waals surface area contributed by atoms with E-state index in [1.807, 2.05) is 63.3 Å². The fourth-order valence-corrected chi connectivity index (χ4v) is 2.62. The van der Waals surface area contributed by atoms with E-state index in [4.69, 9.17) is 14.2 Å². The van der Waals surface area contributed by atoms with Crippen LogP contribution in [-0.2, 0) is 9.47 Å². The molecule has 0 radical (unpaired) electrons. The smallest absolute Gasteiger partial charge is 0.410 e. The number of para-hydroxylation sites is 1. The number of ether oxygens (including phenoxy) is 3. The summed E-state index contributed by atoms with van der Waals surface area (Å²) in [7, 11) is 1.64. The first-order valence-corrected chi connectivity index (χ1v) is 8.26. The molecule has 0 saturated carbocycles. The topological polar surface area (TPSA) is 48.0 Å². The lowest BCUT2D eigenvalue weighted by Gasteiger charge is -2.27. The van der Waals surface area contributed by atoms with Crippen molar-refractivity contribution < 1.29 is 19.0 Å². The molecule has 0 aliphatic carbocycles. The summed E-state index contributed by atoms with van der Waals surface area (Å²) in [5.74, 6) is 0.813. The van der Waals surface area contributed by atoms with Gasteiger partial charge in [0.05, 0.1) is 19.2 Å². The SMILES string of the molecule is COC/C=C/[C@@H]1C[C@H](Oc2ccccc2)CN1C(=O)OC(C)(C)C. The summed E-state index contributed by atoms with van der Waals surface area (Å²) in [6.07, 6.45) is 4.27. The van der Waals surface area contributed by atoms with Crippen molar-refractivity contribution in [2.24, 2.45) is 0 Å². The van der Waals surface area contributed by atoms with Gasteiger partial charge in [0.1, 0.15) is 17.5 Å². The Hall–Kier alpha value is -2.01. The largest absolute Gasteiger partial charge is 0.488 e. The summed E-state index contributed by atoms with van der Waals surface area (Å²) in [6, 6.07) is 9.61. The van der Waals surface area contributed by atoms with Crippen molar-refractivity contribution in [1.29, 1.82) is 0 Å². The molecule has 5 nitrogen and oxygen atoms in total. The summed E-state index contributed by atoms with van der Waals surface area (Å²) >= 11 is 0. The van der Waals surface area contributed by atoms with Gasteiger partial charge >= 0.3 is 6.09 Å². The van der Waals surface area contributed by atoms with Gasteiger partial charge in [0, 0.05) is 13.5 Å². The zero-order chi connectivity index (χ0) is 17.6. The first-order chi connectivity index (χ1) is 11.4. The fourth-order valence-electron chi connectivity index (χ4n) is 2.62. The summed E-state index contributed by atoms with van der Waals surface area (Å²) in [6.45, 7) is 6.63. The highest BCUT2D eigenvalue weighted by Gasteiger charge is 2.37. The maximum Gasteiger partial charge on any atom is 0.410 e. The molecule has 0 bridgehead atoms. The molecule has 0 unspecified atom stereocenters. The van der Waals surface area contributed by atoms with Gasteiger partial charge in [-0.15, -0.1) is 0 Å². The number of benzene rings is 1. The molecular weight excluding hydrogens is 306 g/mol. The molecule has 1 fully saturated rings. The molecule has 1 aliphatic heterocycles. The van der Waals surface area contributed by atoms with Crippen LogP contribution in [0, 0.1) is 0 Å². The van der Waals surface area contributed by atoms with Gasteiger partial charge in [0.25, 0.3) is 0 Å². The van der Waals surface area contributed by atoms with Crippen LogP contribution in [0.4, 0.5) is 4.79 Å². The molecule has 5 heteroatoms. The van der Waals surface area contributed by atoms with E-state index < -0.39 is 5.60 Å². The van der Waals surface area contributed by atoms with Gasteiger partial charge in [-0.2, -0.15) is 0 Å². The number of methoxy groups -OCH3 is 1. The first-order valence-electron chi connectivity index (χ1n) is 8.26. The summed E-state index contributed by atoms with van der Waals surface area (Å²) < 4.78 is 16.6. The van der Waals surface area contributed by atoms with Crippen LogP contribution < -0.4 is 4.74 Å². The molecule has 132 valence electrons. The minimum atomic E-state index is -0.518. The number of hydrogen-bond acceptors (Lipinski definition) is 4. The minimum absolute atomic E-state index is 0.0521. The molecule has 1 aromatic rings. The van der Waals surface area contributed by atoms with Crippen LogP contribution in [0.5, 0.6) is 5.75 Å². The number of likely N-dealkylation sites (tertiary alicyclic amines) is 1. The highest BCUT2D eigenvalue weighted by atomic mass is 16.6. The van der Waals surface area contributed by atoms with Crippen molar-refractivity contribution in [3.8, 4) is 5.75 Å². The summed E-state index contributed by atoms with van der Waals surface area (Å²) in [5, 5.41) is 0. The van der Waals surface area contributed by atoms with Crippen molar-refractivity contribution in [1.82, 2.24) is 4.90 Å². The first kappa shape index (κ1) is 18.3. The zero-order valence-corrected chi connectivity index (χ0v) is 14.9. The van der Waals surface area contributed by atoms with E-state index in [2.05, 4.69) is 0 Å². The van der Waals surface area contributed by atoms with Crippen LogP contribution in [0.1, 0.15) is 27.2 Å². The lowest BCUT2D eigenvalue weighted by Crippen LogP contribution is -2.39. The van der Waals surface area contributed by atoms with E-state index in [1.54, 1.807) is 12.0 Å². The molecule has 1 aromatic carbocycles. The molecule has 2 atom stereocenters. The van der Waals surface area contributed by atoms with Gasteiger partial charge in [-0.3, -0.25) is 4.90 Å². The van der Waals surface area contributed by atoms with Crippen LogP contribution in [0.2, 0.25) is 0 Å². The molecule has 1 saturated heterocycles. The lowest BCUT2D eigenvalue weighted by atomic mass is 10.2. The van der Waals surface area contributed by atoms with Crippen molar-refractivity contribution >= 4 is 6.09 Å². The fraction of sp³-hybridized carbons (Fsp3) is 0.526. The monoisotopic (exact) mass is 333 g/mol. The Bertz CT molecular complexity index is 550. The van der Waals surface area contributed by atoms with Crippen molar-refractivity contribution in [2.75, 3.05) is 20.3 Å². The van der Waals surface area contributed by atoms with Crippen LogP contribution in [-0.4, -0.2) is 49.0 Å². The average Bonchev–Trinajstić information content (AvgIpc) is 2.90. The van der Waals surface area contributed by atoms with Crippen LogP contribution >= 0.6 is 0 Å². The molecular formula is C19H27NO4. The lowest BCUT2D eigenvalue weighted by molar-refractivity contribution is 0.0239. The Labute approximate surface area is 144 Å². The van der Waals surface area contributed by atoms with Crippen molar-refractivity contribution in [2.45, 2.75) is 44.9 Å². The van der Waals surface area contributed by atoms with E-state index in [-0.39, 0.29) is 18.2 Å². The van der Waals surface area contributed by atoms with Crippen LogP contribution in [0.3, 0.4) is 0 Å². The number of nitrogens with zero attached hydrogens (tertiary/aromatic N) is 1. The Balaban J connectivity index is 2.05. The number of carbonyl (C=O) groups is 1.